The van der Waals surface area contributed by atoms with Gasteiger partial charge in [0.15, 0.2) is 11.4 Å². The van der Waals surface area contributed by atoms with Crippen LogP contribution >= 0.6 is 0 Å². The van der Waals surface area contributed by atoms with E-state index in [1.807, 2.05) is 6.07 Å². The summed E-state index contributed by atoms with van der Waals surface area (Å²) in [6, 6.07) is 5.20. The first-order valence-corrected chi connectivity index (χ1v) is 10.4. The van der Waals surface area contributed by atoms with Crippen LogP contribution in [0.3, 0.4) is 0 Å². The average Bonchev–Trinajstić information content (AvgIpc) is 2.85. The number of rotatable bonds is 3. The Morgan fingerprint density at radius 3 is 2.50 bits per heavy atom. The maximum Gasteiger partial charge on any atom is 0.184 e. The van der Waals surface area contributed by atoms with Crippen molar-refractivity contribution >= 4 is 35.6 Å². The molecular formula is C16H16F2N2OSi. The molecule has 2 aromatic heterocycles. The molecule has 0 aliphatic rings. The third-order valence-electron chi connectivity index (χ3n) is 3.54. The van der Waals surface area contributed by atoms with Crippen molar-refractivity contribution < 1.29 is 13.2 Å². The van der Waals surface area contributed by atoms with Gasteiger partial charge in [0.05, 0.1) is 31.0 Å². The maximum absolute atomic E-state index is 14.3. The van der Waals surface area contributed by atoms with Gasteiger partial charge in [0.1, 0.15) is 12.1 Å². The minimum atomic E-state index is -1.56. The minimum Gasteiger partial charge on any atom is -0.459 e. The summed E-state index contributed by atoms with van der Waals surface area (Å²) in [5.74, 6) is -0.876. The molecule has 0 saturated heterocycles. The van der Waals surface area contributed by atoms with Crippen molar-refractivity contribution in [2.75, 3.05) is 5.32 Å². The minimum absolute atomic E-state index is 0.108. The second-order valence-electron chi connectivity index (χ2n) is 6.22. The molecule has 3 aromatic rings. The lowest BCUT2D eigenvalue weighted by molar-refractivity contribution is 0.558. The van der Waals surface area contributed by atoms with Crippen molar-refractivity contribution in [3.63, 3.8) is 0 Å². The van der Waals surface area contributed by atoms with Gasteiger partial charge in [-0.25, -0.2) is 8.78 Å². The highest BCUT2D eigenvalue weighted by Gasteiger charge is 2.18. The Morgan fingerprint density at radius 2 is 1.82 bits per heavy atom. The van der Waals surface area contributed by atoms with Gasteiger partial charge < -0.3 is 9.73 Å². The van der Waals surface area contributed by atoms with Gasteiger partial charge in [-0.2, -0.15) is 0 Å². The quantitative estimate of drug-likeness (QED) is 0.728. The second-order valence-corrected chi connectivity index (χ2v) is 11.3. The number of benzene rings is 1. The lowest BCUT2D eigenvalue weighted by atomic mass is 10.2. The zero-order valence-corrected chi connectivity index (χ0v) is 13.6. The number of hydrogen-bond donors (Lipinski definition) is 1. The van der Waals surface area contributed by atoms with E-state index in [0.29, 0.717) is 16.8 Å². The van der Waals surface area contributed by atoms with Gasteiger partial charge in [-0.1, -0.05) is 30.9 Å². The van der Waals surface area contributed by atoms with Crippen LogP contribution in [-0.2, 0) is 0 Å². The normalized spacial score (nSPS) is 11.9. The Kier molecular flexibility index (Phi) is 3.48. The van der Waals surface area contributed by atoms with E-state index in [4.69, 9.17) is 4.42 Å². The van der Waals surface area contributed by atoms with Crippen molar-refractivity contribution in [3.05, 3.63) is 48.5 Å². The number of pyridine rings is 1. The van der Waals surface area contributed by atoms with Gasteiger partial charge >= 0.3 is 0 Å². The molecule has 0 spiro atoms. The van der Waals surface area contributed by atoms with Crippen LogP contribution in [0.1, 0.15) is 0 Å². The van der Waals surface area contributed by atoms with Crippen molar-refractivity contribution in [1.82, 2.24) is 4.98 Å². The third kappa shape index (κ3) is 2.61. The van der Waals surface area contributed by atoms with Crippen LogP contribution in [0.5, 0.6) is 0 Å². The molecule has 114 valence electrons. The van der Waals surface area contributed by atoms with E-state index in [0.717, 1.165) is 11.4 Å². The standard InChI is InChI=1S/C16H16F2N2OSi/c1-22(2,3)10-4-5-14(12(17)6-10)20-15-9-21-16-11(15)7-19-8-13(16)18/h4-9,20H,1-3H3. The third-order valence-corrected chi connectivity index (χ3v) is 5.59. The number of nitrogens with zero attached hydrogens (tertiary/aromatic N) is 1. The van der Waals surface area contributed by atoms with Crippen LogP contribution in [0, 0.1) is 11.6 Å². The van der Waals surface area contributed by atoms with Crippen LogP contribution in [0.2, 0.25) is 19.6 Å². The highest BCUT2D eigenvalue weighted by atomic mass is 28.3. The predicted octanol–water partition coefficient (Wildman–Crippen LogP) is 4.39. The Labute approximate surface area is 128 Å². The summed E-state index contributed by atoms with van der Waals surface area (Å²) >= 11 is 0. The summed E-state index contributed by atoms with van der Waals surface area (Å²) in [5, 5.41) is 4.46. The lowest BCUT2D eigenvalue weighted by Crippen LogP contribution is -2.37. The summed E-state index contributed by atoms with van der Waals surface area (Å²) in [4.78, 5) is 3.79. The molecule has 0 fully saturated rings. The summed E-state index contributed by atoms with van der Waals surface area (Å²) in [6.07, 6.45) is 3.93. The van der Waals surface area contributed by atoms with Crippen molar-refractivity contribution in [1.29, 1.82) is 0 Å². The average molecular weight is 318 g/mol. The van der Waals surface area contributed by atoms with Crippen LogP contribution in [0.4, 0.5) is 20.2 Å². The molecule has 3 rings (SSSR count). The predicted molar refractivity (Wildman–Crippen MR) is 86.6 cm³/mol. The number of aromatic nitrogens is 1. The van der Waals surface area contributed by atoms with E-state index in [1.54, 1.807) is 12.1 Å². The number of halogens is 2. The number of nitrogens with one attached hydrogen (secondary N) is 1. The first-order chi connectivity index (χ1) is 10.4. The zero-order valence-electron chi connectivity index (χ0n) is 12.6. The maximum atomic E-state index is 14.3. The zero-order chi connectivity index (χ0) is 15.9. The number of fused-ring (bicyclic) bond motifs is 1. The molecule has 1 aromatic carbocycles. The molecule has 0 bridgehead atoms. The van der Waals surface area contributed by atoms with Gasteiger partial charge in [0.2, 0.25) is 0 Å². The summed E-state index contributed by atoms with van der Waals surface area (Å²) in [7, 11) is -1.56. The summed E-state index contributed by atoms with van der Waals surface area (Å²) in [6.45, 7) is 6.48. The Bertz CT molecular complexity index is 840. The smallest absolute Gasteiger partial charge is 0.184 e. The SMILES string of the molecule is C[Si](C)(C)c1ccc(Nc2coc3c(F)cncc23)c(F)c1. The highest BCUT2D eigenvalue weighted by Crippen LogP contribution is 2.30. The molecule has 22 heavy (non-hydrogen) atoms. The van der Waals surface area contributed by atoms with E-state index >= 15 is 0 Å². The van der Waals surface area contributed by atoms with Crippen molar-refractivity contribution in [2.45, 2.75) is 19.6 Å². The van der Waals surface area contributed by atoms with Gasteiger partial charge in [0.25, 0.3) is 0 Å². The Morgan fingerprint density at radius 1 is 1.05 bits per heavy atom. The molecule has 1 N–H and O–H groups in total. The van der Waals surface area contributed by atoms with Crippen LogP contribution < -0.4 is 10.5 Å². The van der Waals surface area contributed by atoms with Crippen LogP contribution in [-0.4, -0.2) is 13.1 Å². The number of hydrogen-bond acceptors (Lipinski definition) is 3. The monoisotopic (exact) mass is 318 g/mol. The van der Waals surface area contributed by atoms with E-state index in [2.05, 4.69) is 29.9 Å². The summed E-state index contributed by atoms with van der Waals surface area (Å²) < 4.78 is 33.0. The van der Waals surface area contributed by atoms with E-state index < -0.39 is 13.9 Å². The summed E-state index contributed by atoms with van der Waals surface area (Å²) in [5.41, 5.74) is 0.923. The Hall–Kier alpha value is -2.21. The molecular weight excluding hydrogens is 302 g/mol. The lowest BCUT2D eigenvalue weighted by Gasteiger charge is -2.17. The fraction of sp³-hybridized carbons (Fsp3) is 0.188. The van der Waals surface area contributed by atoms with E-state index in [-0.39, 0.29) is 11.4 Å². The molecule has 0 radical (unpaired) electrons. The van der Waals surface area contributed by atoms with Gasteiger partial charge in [-0.05, 0) is 12.1 Å². The molecule has 3 nitrogen and oxygen atoms in total. The van der Waals surface area contributed by atoms with Gasteiger partial charge in [-0.3, -0.25) is 4.98 Å². The molecule has 2 heterocycles. The van der Waals surface area contributed by atoms with Crippen molar-refractivity contribution in [3.8, 4) is 0 Å². The van der Waals surface area contributed by atoms with Crippen LogP contribution in [0.25, 0.3) is 11.0 Å². The van der Waals surface area contributed by atoms with Crippen LogP contribution in [0.15, 0.2) is 41.3 Å². The van der Waals surface area contributed by atoms with Gasteiger partial charge in [0, 0.05) is 6.20 Å². The highest BCUT2D eigenvalue weighted by molar-refractivity contribution is 6.88. The molecule has 0 amide bonds. The molecule has 0 saturated carbocycles. The fourth-order valence-electron chi connectivity index (χ4n) is 2.24. The molecule has 0 atom stereocenters. The molecule has 0 aliphatic carbocycles. The van der Waals surface area contributed by atoms with E-state index in [1.165, 1.54) is 12.5 Å². The molecule has 0 aliphatic heterocycles. The first-order valence-electron chi connectivity index (χ1n) is 6.94. The topological polar surface area (TPSA) is 38.1 Å². The fourth-order valence-corrected chi connectivity index (χ4v) is 3.38. The molecule has 6 heteroatoms. The van der Waals surface area contributed by atoms with E-state index in [9.17, 15) is 8.78 Å². The second kappa shape index (κ2) is 5.21. The number of anilines is 2. The van der Waals surface area contributed by atoms with Crippen molar-refractivity contribution in [2.24, 2.45) is 0 Å². The molecule has 0 unspecified atom stereocenters. The Balaban J connectivity index is 1.97. The van der Waals surface area contributed by atoms with Gasteiger partial charge in [-0.15, -0.1) is 0 Å². The number of furan rings is 1. The first kappa shape index (κ1) is 14.7. The largest absolute Gasteiger partial charge is 0.459 e.